The Morgan fingerprint density at radius 3 is 2.28 bits per heavy atom. The van der Waals surface area contributed by atoms with Crippen molar-refractivity contribution in [2.75, 3.05) is 47.6 Å². The van der Waals surface area contributed by atoms with E-state index in [0.717, 1.165) is 55.3 Å². The van der Waals surface area contributed by atoms with Crippen LogP contribution < -0.4 is 14.8 Å². The molecule has 0 saturated heterocycles. The Morgan fingerprint density at radius 2 is 1.61 bits per heavy atom. The second kappa shape index (κ2) is 20.1. The van der Waals surface area contributed by atoms with Gasteiger partial charge in [0, 0.05) is 41.4 Å². The standard InChI is InChI=1S/C32H39Cl2N3O4.CH2O3.ClH/c1-37(2)16-7-17-41-30-20-22(10-13-28(30)34)31-25(26-21-24(11-14-27(26)33)40-19-18-39-3)12-15-29(36-31)32(38)35-23-8-5-4-6-9-23;2-1(3)4;/h10-15,20-21,23H,4-9,16-19H2,1-3H3,(H,35,38);(H2,2,3,4);1H. The molecule has 1 heterocycles. The van der Waals surface area contributed by atoms with Crippen LogP contribution in [0.5, 0.6) is 11.5 Å². The highest BCUT2D eigenvalue weighted by molar-refractivity contribution is 6.33. The van der Waals surface area contributed by atoms with Crippen molar-refractivity contribution in [3.05, 3.63) is 64.3 Å². The van der Waals surface area contributed by atoms with Gasteiger partial charge >= 0.3 is 6.16 Å². The number of aromatic nitrogens is 1. The van der Waals surface area contributed by atoms with Crippen LogP contribution >= 0.6 is 35.6 Å². The molecule has 1 saturated carbocycles. The average Bonchev–Trinajstić information content (AvgIpc) is 3.01. The molecular weight excluding hydrogens is 657 g/mol. The van der Waals surface area contributed by atoms with Gasteiger partial charge in [-0.2, -0.15) is 0 Å². The monoisotopic (exact) mass is 697 g/mol. The normalized spacial score (nSPS) is 12.8. The van der Waals surface area contributed by atoms with Gasteiger partial charge in [-0.05, 0) is 75.8 Å². The summed E-state index contributed by atoms with van der Waals surface area (Å²) in [6.07, 6.45) is 4.49. The van der Waals surface area contributed by atoms with Crippen molar-refractivity contribution in [2.45, 2.75) is 44.6 Å². The maximum absolute atomic E-state index is 13.3. The zero-order valence-electron chi connectivity index (χ0n) is 26.3. The lowest BCUT2D eigenvalue weighted by Crippen LogP contribution is -2.36. The van der Waals surface area contributed by atoms with Gasteiger partial charge in [-0.1, -0.05) is 48.5 Å². The first-order valence-corrected chi connectivity index (χ1v) is 15.6. The number of pyridine rings is 1. The zero-order chi connectivity index (χ0) is 32.8. The van der Waals surface area contributed by atoms with Crippen LogP contribution in [0.25, 0.3) is 22.4 Å². The van der Waals surface area contributed by atoms with Crippen LogP contribution in [0.1, 0.15) is 49.0 Å². The molecule has 1 aromatic heterocycles. The van der Waals surface area contributed by atoms with E-state index in [1.165, 1.54) is 6.42 Å². The number of rotatable bonds is 13. The molecule has 1 aliphatic carbocycles. The molecule has 13 heteroatoms. The molecule has 0 bridgehead atoms. The number of methoxy groups -OCH3 is 1. The van der Waals surface area contributed by atoms with Crippen molar-refractivity contribution in [3.8, 4) is 33.9 Å². The number of benzene rings is 2. The van der Waals surface area contributed by atoms with Crippen molar-refractivity contribution in [1.29, 1.82) is 0 Å². The third-order valence-corrected chi connectivity index (χ3v) is 7.71. The number of carboxylic acid groups (broad SMARTS) is 2. The summed E-state index contributed by atoms with van der Waals surface area (Å²) in [6.45, 7) is 2.31. The molecule has 10 nitrogen and oxygen atoms in total. The van der Waals surface area contributed by atoms with Gasteiger partial charge in [-0.25, -0.2) is 9.78 Å². The summed E-state index contributed by atoms with van der Waals surface area (Å²) in [5, 5.41) is 18.2. The number of nitrogens with one attached hydrogen (secondary N) is 1. The SMILES string of the molecule is COCCOc1ccc(Cl)c(-c2ccc(C(=O)NC3CCCCC3)nc2-c2ccc(Cl)c(OCCCN(C)C)c2)c1.Cl.O=C(O)O. The minimum atomic E-state index is -1.83. The van der Waals surface area contributed by atoms with Crippen molar-refractivity contribution >= 4 is 47.7 Å². The Morgan fingerprint density at radius 1 is 0.913 bits per heavy atom. The molecule has 4 rings (SSSR count). The van der Waals surface area contributed by atoms with Crippen LogP contribution in [-0.2, 0) is 4.74 Å². The number of ether oxygens (including phenoxy) is 3. The number of nitrogens with zero attached hydrogens (tertiary/aromatic N) is 2. The first-order valence-electron chi connectivity index (χ1n) is 14.8. The van der Waals surface area contributed by atoms with E-state index >= 15 is 0 Å². The number of halogens is 3. The number of carbonyl (C=O) groups is 2. The Kier molecular flexibility index (Phi) is 17.0. The second-order valence-electron chi connectivity index (χ2n) is 10.8. The highest BCUT2D eigenvalue weighted by atomic mass is 35.5. The fourth-order valence-electron chi connectivity index (χ4n) is 4.90. The molecule has 252 valence electrons. The lowest BCUT2D eigenvalue weighted by molar-refractivity contribution is 0.0922. The molecule has 3 N–H and O–H groups in total. The van der Waals surface area contributed by atoms with E-state index in [1.807, 2.05) is 44.4 Å². The number of amides is 1. The van der Waals surface area contributed by atoms with E-state index in [0.29, 0.717) is 52.8 Å². The Bertz CT molecular complexity index is 1420. The number of hydrogen-bond acceptors (Lipinski definition) is 7. The van der Waals surface area contributed by atoms with Gasteiger partial charge in [-0.3, -0.25) is 4.79 Å². The summed E-state index contributed by atoms with van der Waals surface area (Å²) < 4.78 is 17.0. The smallest absolute Gasteiger partial charge is 0.492 e. The third kappa shape index (κ3) is 12.5. The molecule has 2 aromatic carbocycles. The van der Waals surface area contributed by atoms with E-state index in [9.17, 15) is 4.79 Å². The molecule has 0 aliphatic heterocycles. The van der Waals surface area contributed by atoms with Crippen LogP contribution in [-0.4, -0.2) is 85.8 Å². The first kappa shape index (κ1) is 38.9. The van der Waals surface area contributed by atoms with Gasteiger partial charge < -0.3 is 34.6 Å². The summed E-state index contributed by atoms with van der Waals surface area (Å²) >= 11 is 13.2. The van der Waals surface area contributed by atoms with Crippen molar-refractivity contribution < 1.29 is 34.0 Å². The maximum atomic E-state index is 13.3. The molecule has 1 fully saturated rings. The Hall–Kier alpha value is -3.28. The third-order valence-electron chi connectivity index (χ3n) is 7.06. The molecule has 46 heavy (non-hydrogen) atoms. The fourth-order valence-corrected chi connectivity index (χ4v) is 5.29. The van der Waals surface area contributed by atoms with Gasteiger partial charge in [-0.15, -0.1) is 12.4 Å². The van der Waals surface area contributed by atoms with E-state index < -0.39 is 6.16 Å². The van der Waals surface area contributed by atoms with Gasteiger partial charge in [0.15, 0.2) is 0 Å². The van der Waals surface area contributed by atoms with Crippen molar-refractivity contribution in [1.82, 2.24) is 15.2 Å². The van der Waals surface area contributed by atoms with Crippen LogP contribution in [0.2, 0.25) is 10.0 Å². The molecule has 1 aliphatic rings. The molecule has 0 spiro atoms. The van der Waals surface area contributed by atoms with E-state index in [-0.39, 0.29) is 24.4 Å². The Labute approximate surface area is 286 Å². The number of hydrogen-bond donors (Lipinski definition) is 3. The Balaban J connectivity index is 0.00000139. The van der Waals surface area contributed by atoms with E-state index in [2.05, 4.69) is 10.2 Å². The summed E-state index contributed by atoms with van der Waals surface area (Å²) in [5.74, 6) is 1.05. The minimum absolute atomic E-state index is 0. The molecule has 0 unspecified atom stereocenters. The van der Waals surface area contributed by atoms with Crippen LogP contribution in [0.15, 0.2) is 48.5 Å². The average molecular weight is 699 g/mol. The maximum Gasteiger partial charge on any atom is 0.503 e. The zero-order valence-corrected chi connectivity index (χ0v) is 28.6. The quantitative estimate of drug-likeness (QED) is 0.153. The van der Waals surface area contributed by atoms with Gasteiger partial charge in [0.2, 0.25) is 0 Å². The molecule has 0 atom stereocenters. The van der Waals surface area contributed by atoms with Crippen LogP contribution in [0.4, 0.5) is 4.79 Å². The molecular formula is C33H42Cl3N3O7. The second-order valence-corrected chi connectivity index (χ2v) is 11.6. The van der Waals surface area contributed by atoms with Gasteiger partial charge in [0.1, 0.15) is 23.8 Å². The largest absolute Gasteiger partial charge is 0.503 e. The first-order chi connectivity index (χ1) is 21.6. The summed E-state index contributed by atoms with van der Waals surface area (Å²) in [6, 6.07) is 14.9. The molecule has 3 aromatic rings. The minimum Gasteiger partial charge on any atom is -0.492 e. The molecule has 1 amide bonds. The highest BCUT2D eigenvalue weighted by Gasteiger charge is 2.21. The summed E-state index contributed by atoms with van der Waals surface area (Å²) in [4.78, 5) is 28.8. The highest BCUT2D eigenvalue weighted by Crippen LogP contribution is 2.39. The van der Waals surface area contributed by atoms with Crippen molar-refractivity contribution in [2.24, 2.45) is 0 Å². The van der Waals surface area contributed by atoms with E-state index in [1.54, 1.807) is 25.3 Å². The predicted octanol–water partition coefficient (Wildman–Crippen LogP) is 7.78. The topological polar surface area (TPSA) is 130 Å². The van der Waals surface area contributed by atoms with Crippen molar-refractivity contribution in [3.63, 3.8) is 0 Å². The predicted molar refractivity (Wildman–Crippen MR) is 183 cm³/mol. The fraction of sp³-hybridized carbons (Fsp3) is 0.424. The number of carbonyl (C=O) groups excluding carboxylic acids is 1. The van der Waals surface area contributed by atoms with E-state index in [4.69, 9.17) is 57.4 Å². The van der Waals surface area contributed by atoms with Crippen LogP contribution in [0, 0.1) is 0 Å². The molecule has 0 radical (unpaired) electrons. The lowest BCUT2D eigenvalue weighted by Gasteiger charge is -2.23. The van der Waals surface area contributed by atoms with Gasteiger partial charge in [0.25, 0.3) is 5.91 Å². The summed E-state index contributed by atoms with van der Waals surface area (Å²) in [7, 11) is 5.69. The van der Waals surface area contributed by atoms with Gasteiger partial charge in [0.05, 0.1) is 23.9 Å². The lowest BCUT2D eigenvalue weighted by atomic mass is 9.95. The summed E-state index contributed by atoms with van der Waals surface area (Å²) in [5.41, 5.74) is 3.23. The van der Waals surface area contributed by atoms with Crippen LogP contribution in [0.3, 0.4) is 0 Å².